The summed E-state index contributed by atoms with van der Waals surface area (Å²) >= 11 is 1.58. The lowest BCUT2D eigenvalue weighted by molar-refractivity contribution is 0.0912. The average molecular weight is 633 g/mol. The number of hydrogen-bond acceptors (Lipinski definition) is 8. The van der Waals surface area contributed by atoms with E-state index in [4.69, 9.17) is 0 Å². The average Bonchev–Trinajstić information content (AvgIpc) is 3.75. The SMILES string of the molecule is CN(Cc1ccccc1C(=O)CCC(=O)c1ccc2[nH]ncc2c1)c1ccc(F)c(C(=O)CCC(=O)c2ccc3sccc3c2)n1. The van der Waals surface area contributed by atoms with Gasteiger partial charge in [-0.05, 0) is 70.9 Å². The molecule has 3 aromatic carbocycles. The van der Waals surface area contributed by atoms with Crippen LogP contribution in [0.2, 0.25) is 0 Å². The molecule has 0 spiro atoms. The number of nitrogens with one attached hydrogen (secondary N) is 1. The number of Topliss-reactive ketones (excluding diaryl/α,β-unsaturated/α-hetero) is 4. The van der Waals surface area contributed by atoms with Crippen molar-refractivity contribution in [2.45, 2.75) is 32.2 Å². The molecule has 0 amide bonds. The Morgan fingerprint density at radius 1 is 0.783 bits per heavy atom. The van der Waals surface area contributed by atoms with Gasteiger partial charge in [-0.3, -0.25) is 24.3 Å². The van der Waals surface area contributed by atoms with Crippen LogP contribution in [0.25, 0.3) is 21.0 Å². The molecule has 0 unspecified atom stereocenters. The van der Waals surface area contributed by atoms with E-state index < -0.39 is 11.6 Å². The van der Waals surface area contributed by atoms with Crippen LogP contribution in [0.3, 0.4) is 0 Å². The lowest BCUT2D eigenvalue weighted by Crippen LogP contribution is -2.21. The summed E-state index contributed by atoms with van der Waals surface area (Å²) in [7, 11) is 1.73. The van der Waals surface area contributed by atoms with Crippen LogP contribution < -0.4 is 4.90 Å². The quantitative estimate of drug-likeness (QED) is 0.130. The lowest BCUT2D eigenvalue weighted by atomic mass is 9.97. The highest BCUT2D eigenvalue weighted by Gasteiger charge is 2.20. The molecule has 3 aromatic heterocycles. The molecule has 0 bridgehead atoms. The normalized spacial score (nSPS) is 11.2. The van der Waals surface area contributed by atoms with Gasteiger partial charge in [0.05, 0.1) is 11.7 Å². The fourth-order valence-electron chi connectivity index (χ4n) is 5.36. The number of H-pyrrole nitrogens is 1. The second-order valence-electron chi connectivity index (χ2n) is 11.1. The number of fused-ring (bicyclic) bond motifs is 2. The van der Waals surface area contributed by atoms with Gasteiger partial charge in [-0.2, -0.15) is 5.10 Å². The van der Waals surface area contributed by atoms with Crippen LogP contribution in [0, 0.1) is 5.82 Å². The Balaban J connectivity index is 1.09. The highest BCUT2D eigenvalue weighted by atomic mass is 32.1. The van der Waals surface area contributed by atoms with Crippen LogP contribution in [0.1, 0.15) is 72.8 Å². The van der Waals surface area contributed by atoms with Crippen LogP contribution in [-0.4, -0.2) is 45.4 Å². The van der Waals surface area contributed by atoms with Crippen molar-refractivity contribution in [2.24, 2.45) is 0 Å². The maximum absolute atomic E-state index is 14.7. The Labute approximate surface area is 267 Å². The summed E-state index contributed by atoms with van der Waals surface area (Å²) in [5.74, 6) is -1.49. The number of carbonyl (C=O) groups is 4. The van der Waals surface area contributed by atoms with Gasteiger partial charge >= 0.3 is 0 Å². The molecular weight excluding hydrogens is 603 g/mol. The maximum atomic E-state index is 14.7. The Bertz CT molecular complexity index is 2120. The minimum Gasteiger partial charge on any atom is -0.355 e. The van der Waals surface area contributed by atoms with Crippen molar-refractivity contribution in [3.8, 4) is 0 Å². The molecule has 6 rings (SSSR count). The van der Waals surface area contributed by atoms with Gasteiger partial charge in [-0.25, -0.2) is 9.37 Å². The summed E-state index contributed by atoms with van der Waals surface area (Å²) in [5.41, 5.74) is 2.71. The van der Waals surface area contributed by atoms with E-state index in [1.807, 2.05) is 29.6 Å². The molecule has 0 aliphatic rings. The van der Waals surface area contributed by atoms with Gasteiger partial charge in [-0.15, -0.1) is 11.3 Å². The van der Waals surface area contributed by atoms with E-state index in [1.54, 1.807) is 71.9 Å². The van der Waals surface area contributed by atoms with Crippen LogP contribution in [0.5, 0.6) is 0 Å². The maximum Gasteiger partial charge on any atom is 0.184 e. The standard InChI is InChI=1S/C36H29FN4O4S/c1-41(21-25-4-2-3-5-27(25)32(44)12-10-30(42)22-6-9-29-26(19-22)20-38-40-29)35-15-8-28(37)36(39-35)33(45)13-11-31(43)23-7-14-34-24(18-23)16-17-46-34/h2-9,14-20H,10-13,21H2,1H3,(H,38,40). The second-order valence-corrected chi connectivity index (χ2v) is 12.0. The number of pyridine rings is 1. The molecule has 0 saturated heterocycles. The molecule has 6 aromatic rings. The number of hydrogen-bond donors (Lipinski definition) is 1. The number of aromatic amines is 1. The molecule has 0 fully saturated rings. The number of thiophene rings is 1. The predicted molar refractivity (Wildman–Crippen MR) is 176 cm³/mol. The number of ketones is 4. The summed E-state index contributed by atoms with van der Waals surface area (Å²) in [4.78, 5) is 57.8. The molecule has 230 valence electrons. The Morgan fingerprint density at radius 2 is 1.48 bits per heavy atom. The van der Waals surface area contributed by atoms with E-state index in [0.29, 0.717) is 28.1 Å². The lowest BCUT2D eigenvalue weighted by Gasteiger charge is -2.20. The molecule has 10 heteroatoms. The van der Waals surface area contributed by atoms with Crippen LogP contribution in [0.15, 0.2) is 90.4 Å². The molecule has 0 aliphatic carbocycles. The fourth-order valence-corrected chi connectivity index (χ4v) is 6.13. The second kappa shape index (κ2) is 13.3. The van der Waals surface area contributed by atoms with Gasteiger partial charge in [0.15, 0.2) is 29.0 Å². The highest BCUT2D eigenvalue weighted by molar-refractivity contribution is 7.17. The van der Waals surface area contributed by atoms with Gasteiger partial charge in [0.25, 0.3) is 0 Å². The predicted octanol–water partition coefficient (Wildman–Crippen LogP) is 7.64. The van der Waals surface area contributed by atoms with E-state index >= 15 is 0 Å². The first-order chi connectivity index (χ1) is 22.3. The van der Waals surface area contributed by atoms with Crippen molar-refractivity contribution in [1.29, 1.82) is 0 Å². The zero-order chi connectivity index (χ0) is 32.2. The number of anilines is 1. The van der Waals surface area contributed by atoms with E-state index in [1.165, 1.54) is 12.1 Å². The number of benzene rings is 3. The number of carbonyl (C=O) groups excluding carboxylic acids is 4. The Kier molecular flexibility index (Phi) is 8.89. The summed E-state index contributed by atoms with van der Waals surface area (Å²) in [5, 5.41) is 10.6. The first-order valence-electron chi connectivity index (χ1n) is 14.8. The molecule has 46 heavy (non-hydrogen) atoms. The molecule has 0 aliphatic heterocycles. The van der Waals surface area contributed by atoms with Gasteiger partial charge in [0.1, 0.15) is 11.5 Å². The van der Waals surface area contributed by atoms with E-state index in [2.05, 4.69) is 15.2 Å². The summed E-state index contributed by atoms with van der Waals surface area (Å²) in [6.45, 7) is 0.253. The number of halogens is 1. The monoisotopic (exact) mass is 632 g/mol. The largest absolute Gasteiger partial charge is 0.355 e. The van der Waals surface area contributed by atoms with Gasteiger partial charge in [0.2, 0.25) is 0 Å². The summed E-state index contributed by atoms with van der Waals surface area (Å²) < 4.78 is 15.8. The third kappa shape index (κ3) is 6.67. The topological polar surface area (TPSA) is 113 Å². The molecule has 0 radical (unpaired) electrons. The fraction of sp³-hybridized carbons (Fsp3) is 0.167. The van der Waals surface area contributed by atoms with Gasteiger partial charge in [-0.1, -0.05) is 24.3 Å². The van der Waals surface area contributed by atoms with Crippen molar-refractivity contribution in [3.05, 3.63) is 124 Å². The smallest absolute Gasteiger partial charge is 0.184 e. The highest BCUT2D eigenvalue weighted by Crippen LogP contribution is 2.24. The van der Waals surface area contributed by atoms with Crippen molar-refractivity contribution >= 4 is 61.3 Å². The van der Waals surface area contributed by atoms with E-state index in [9.17, 15) is 23.6 Å². The molecule has 0 saturated carbocycles. The molecule has 3 heterocycles. The third-order valence-corrected chi connectivity index (χ3v) is 8.80. The van der Waals surface area contributed by atoms with E-state index in [0.717, 1.165) is 21.0 Å². The first kappa shape index (κ1) is 30.7. The molecule has 8 nitrogen and oxygen atoms in total. The zero-order valence-electron chi connectivity index (χ0n) is 25.0. The summed E-state index contributed by atoms with van der Waals surface area (Å²) in [6, 6.07) is 22.4. The van der Waals surface area contributed by atoms with Crippen molar-refractivity contribution in [1.82, 2.24) is 15.2 Å². The Morgan fingerprint density at radius 3 is 2.28 bits per heavy atom. The minimum absolute atomic E-state index is 0.0380. The van der Waals surface area contributed by atoms with Gasteiger partial charge in [0, 0.05) is 66.1 Å². The summed E-state index contributed by atoms with van der Waals surface area (Å²) in [6.07, 6.45) is 1.50. The van der Waals surface area contributed by atoms with Crippen molar-refractivity contribution < 1.29 is 23.6 Å². The van der Waals surface area contributed by atoms with Crippen LogP contribution in [-0.2, 0) is 6.54 Å². The Hall–Kier alpha value is -5.35. The van der Waals surface area contributed by atoms with E-state index in [-0.39, 0.29) is 55.3 Å². The van der Waals surface area contributed by atoms with Crippen molar-refractivity contribution in [3.63, 3.8) is 0 Å². The number of aromatic nitrogens is 3. The molecule has 1 N–H and O–H groups in total. The molecule has 0 atom stereocenters. The van der Waals surface area contributed by atoms with Crippen LogP contribution in [0.4, 0.5) is 10.2 Å². The first-order valence-corrected chi connectivity index (χ1v) is 15.6. The zero-order valence-corrected chi connectivity index (χ0v) is 25.8. The minimum atomic E-state index is -0.763. The van der Waals surface area contributed by atoms with Crippen LogP contribution >= 0.6 is 11.3 Å². The number of rotatable bonds is 13. The van der Waals surface area contributed by atoms with Crippen molar-refractivity contribution in [2.75, 3.05) is 11.9 Å². The molecular formula is C36H29FN4O4S. The number of nitrogens with zero attached hydrogens (tertiary/aromatic N) is 3. The third-order valence-electron chi connectivity index (χ3n) is 7.91. The van der Waals surface area contributed by atoms with Gasteiger partial charge < -0.3 is 4.90 Å².